The van der Waals surface area contributed by atoms with Gasteiger partial charge in [0.1, 0.15) is 85.5 Å². The van der Waals surface area contributed by atoms with E-state index in [1.54, 1.807) is 0 Å². The van der Waals surface area contributed by atoms with Crippen molar-refractivity contribution in [2.45, 2.75) is 129 Å². The van der Waals surface area contributed by atoms with E-state index in [1.807, 2.05) is 0 Å². The summed E-state index contributed by atoms with van der Waals surface area (Å²) in [5, 5.41) is 103. The lowest BCUT2D eigenvalue weighted by Crippen LogP contribution is -2.69. The number of nitrogens with two attached hydrogens (primary N) is 4. The summed E-state index contributed by atoms with van der Waals surface area (Å²) < 4.78 is 33.6. The third-order valence-corrected chi connectivity index (χ3v) is 8.59. The van der Waals surface area contributed by atoms with Crippen molar-refractivity contribution in [2.24, 2.45) is 22.9 Å². The van der Waals surface area contributed by atoms with Gasteiger partial charge < -0.3 is 102 Å². The minimum absolute atomic E-state index is 0.0114. The maximum Gasteiger partial charge on any atom is 0.187 e. The number of hydrogen-bond donors (Lipinski definition) is 14. The molecule has 1 saturated carbocycles. The molecule has 4 fully saturated rings. The quantitative estimate of drug-likeness (QED) is 0.110. The molecule has 3 heterocycles. The first-order chi connectivity index (χ1) is 20.7. The predicted octanol–water partition coefficient (Wildman–Crippen LogP) is -9.47. The standard InChI is InChI=1S/C24H46N4O16/c25-2-7-11(31)13(33)10(28)22(39-7)42-19-5(26)1-6(27)20(18(19)38)43-24-17(37)15(35)21(9(4-30)41-24)44-23-16(36)14(34)12(32)8(3-29)40-23/h5-24,29-38H,1-4,25-28H2/t5-,6+,7+,8+,9+,10+,11+,12-,13+,14-,15+,16+,17+,18-,19+,20-,21+,22+,23-,24+/m0/s1. The van der Waals surface area contributed by atoms with Crippen molar-refractivity contribution in [1.29, 1.82) is 0 Å². The lowest BCUT2D eigenvalue weighted by Gasteiger charge is -2.49. The molecule has 4 aliphatic rings. The zero-order valence-corrected chi connectivity index (χ0v) is 23.6. The summed E-state index contributed by atoms with van der Waals surface area (Å²) in [4.78, 5) is 0. The molecule has 0 bridgehead atoms. The Morgan fingerprint density at radius 3 is 1.50 bits per heavy atom. The van der Waals surface area contributed by atoms with Crippen molar-refractivity contribution in [3.05, 3.63) is 0 Å². The molecule has 0 aromatic heterocycles. The topological polar surface area (TPSA) is 362 Å². The first-order valence-corrected chi connectivity index (χ1v) is 14.3. The van der Waals surface area contributed by atoms with Crippen LogP contribution >= 0.6 is 0 Å². The highest BCUT2D eigenvalue weighted by atomic mass is 16.7. The van der Waals surface area contributed by atoms with Gasteiger partial charge in [0.05, 0.1) is 19.3 Å². The second-order valence-electron chi connectivity index (χ2n) is 11.6. The Labute approximate surface area is 251 Å². The van der Waals surface area contributed by atoms with Gasteiger partial charge in [0.25, 0.3) is 0 Å². The van der Waals surface area contributed by atoms with Gasteiger partial charge in [-0.15, -0.1) is 0 Å². The summed E-state index contributed by atoms with van der Waals surface area (Å²) >= 11 is 0. The summed E-state index contributed by atoms with van der Waals surface area (Å²) in [6, 6.07) is -3.08. The van der Waals surface area contributed by atoms with Crippen molar-refractivity contribution in [3.8, 4) is 0 Å². The fourth-order valence-corrected chi connectivity index (χ4v) is 5.89. The van der Waals surface area contributed by atoms with Gasteiger partial charge in [0, 0.05) is 18.6 Å². The van der Waals surface area contributed by atoms with Crippen LogP contribution in [0.5, 0.6) is 0 Å². The Kier molecular flexibility index (Phi) is 12.3. The van der Waals surface area contributed by atoms with Gasteiger partial charge in [-0.05, 0) is 6.42 Å². The molecule has 0 aromatic carbocycles. The van der Waals surface area contributed by atoms with E-state index in [4.69, 9.17) is 51.4 Å². The summed E-state index contributed by atoms with van der Waals surface area (Å²) in [6.07, 6.45) is -26.2. The lowest BCUT2D eigenvalue weighted by molar-refractivity contribution is -0.368. The number of aliphatic hydroxyl groups is 10. The molecular formula is C24H46N4O16. The van der Waals surface area contributed by atoms with Crippen LogP contribution in [-0.2, 0) is 28.4 Å². The summed E-state index contributed by atoms with van der Waals surface area (Å²) in [6.45, 7) is -1.73. The summed E-state index contributed by atoms with van der Waals surface area (Å²) in [5.41, 5.74) is 24.0. The second kappa shape index (κ2) is 15.0. The van der Waals surface area contributed by atoms with E-state index < -0.39 is 136 Å². The highest BCUT2D eigenvalue weighted by Gasteiger charge is 2.54. The van der Waals surface area contributed by atoms with Crippen LogP contribution in [0.1, 0.15) is 6.42 Å². The molecule has 18 N–H and O–H groups in total. The van der Waals surface area contributed by atoms with E-state index in [0.717, 1.165) is 0 Å². The van der Waals surface area contributed by atoms with Crippen LogP contribution in [0.4, 0.5) is 0 Å². The van der Waals surface area contributed by atoms with E-state index >= 15 is 0 Å². The van der Waals surface area contributed by atoms with Crippen molar-refractivity contribution < 1.29 is 79.5 Å². The van der Waals surface area contributed by atoms with E-state index in [1.165, 1.54) is 0 Å². The van der Waals surface area contributed by atoms with Crippen LogP contribution in [-0.4, -0.2) is 193 Å². The van der Waals surface area contributed by atoms with Gasteiger partial charge in [-0.2, -0.15) is 0 Å². The van der Waals surface area contributed by atoms with Crippen molar-refractivity contribution in [2.75, 3.05) is 19.8 Å². The molecule has 20 nitrogen and oxygen atoms in total. The van der Waals surface area contributed by atoms with E-state index in [9.17, 15) is 51.1 Å². The lowest BCUT2D eigenvalue weighted by atomic mass is 9.84. The minimum Gasteiger partial charge on any atom is -0.394 e. The highest BCUT2D eigenvalue weighted by Crippen LogP contribution is 2.33. The molecule has 3 saturated heterocycles. The molecule has 0 amide bonds. The first kappa shape index (κ1) is 36.0. The molecule has 0 radical (unpaired) electrons. The van der Waals surface area contributed by atoms with Crippen molar-refractivity contribution in [3.63, 3.8) is 0 Å². The molecule has 44 heavy (non-hydrogen) atoms. The maximum atomic E-state index is 11.2. The molecule has 0 spiro atoms. The largest absolute Gasteiger partial charge is 0.394 e. The fourth-order valence-electron chi connectivity index (χ4n) is 5.89. The van der Waals surface area contributed by atoms with Gasteiger partial charge in [0.15, 0.2) is 18.9 Å². The maximum absolute atomic E-state index is 11.2. The smallest absolute Gasteiger partial charge is 0.187 e. The summed E-state index contributed by atoms with van der Waals surface area (Å²) in [5.74, 6) is 0. The van der Waals surface area contributed by atoms with Gasteiger partial charge in [0.2, 0.25) is 0 Å². The molecule has 258 valence electrons. The number of hydrogen-bond acceptors (Lipinski definition) is 20. The molecule has 0 unspecified atom stereocenters. The van der Waals surface area contributed by atoms with Gasteiger partial charge >= 0.3 is 0 Å². The van der Waals surface area contributed by atoms with Gasteiger partial charge in [-0.25, -0.2) is 0 Å². The van der Waals surface area contributed by atoms with Crippen molar-refractivity contribution in [1.82, 2.24) is 0 Å². The van der Waals surface area contributed by atoms with Crippen LogP contribution in [0, 0.1) is 0 Å². The Balaban J connectivity index is 1.44. The fraction of sp³-hybridized carbons (Fsp3) is 1.00. The van der Waals surface area contributed by atoms with E-state index in [-0.39, 0.29) is 13.0 Å². The minimum atomic E-state index is -1.89. The zero-order valence-electron chi connectivity index (χ0n) is 23.6. The van der Waals surface area contributed by atoms with E-state index in [2.05, 4.69) is 0 Å². The molecule has 0 aromatic rings. The highest BCUT2D eigenvalue weighted by molar-refractivity contribution is 5.02. The first-order valence-electron chi connectivity index (χ1n) is 14.3. The van der Waals surface area contributed by atoms with Crippen LogP contribution < -0.4 is 22.9 Å². The van der Waals surface area contributed by atoms with E-state index in [0.29, 0.717) is 0 Å². The molecule has 1 aliphatic carbocycles. The third-order valence-electron chi connectivity index (χ3n) is 8.59. The molecule has 3 aliphatic heterocycles. The number of aliphatic hydroxyl groups excluding tert-OH is 10. The average molecular weight is 647 g/mol. The monoisotopic (exact) mass is 646 g/mol. The third kappa shape index (κ3) is 7.05. The van der Waals surface area contributed by atoms with Gasteiger partial charge in [-0.1, -0.05) is 0 Å². The average Bonchev–Trinajstić information content (AvgIpc) is 3.00. The second-order valence-corrected chi connectivity index (χ2v) is 11.6. The predicted molar refractivity (Wildman–Crippen MR) is 140 cm³/mol. The van der Waals surface area contributed by atoms with Gasteiger partial charge in [-0.3, -0.25) is 0 Å². The number of rotatable bonds is 9. The Morgan fingerprint density at radius 1 is 0.500 bits per heavy atom. The molecule has 4 rings (SSSR count). The number of ether oxygens (including phenoxy) is 6. The van der Waals surface area contributed by atoms with Crippen LogP contribution in [0.2, 0.25) is 0 Å². The SMILES string of the molecule is NC[C@H]1O[C@H](O[C@H]2[C@H](O)[C@@H](O[C@H]3O[C@H](CO)[C@@H](O[C@@H]4O[C@H](CO)[C@H](O)[C@H](O)[C@H]4O)[C@H](O)[C@H]3O)[C@H](N)C[C@@H]2N)[C@H](N)[C@@H](O)[C@@H]1O. The van der Waals surface area contributed by atoms with Crippen molar-refractivity contribution >= 4 is 0 Å². The Hall–Kier alpha value is -0.800. The Morgan fingerprint density at radius 2 is 0.955 bits per heavy atom. The molecular weight excluding hydrogens is 600 g/mol. The normalized spacial score (nSPS) is 53.9. The van der Waals surface area contributed by atoms with Crippen LogP contribution in [0.15, 0.2) is 0 Å². The summed E-state index contributed by atoms with van der Waals surface area (Å²) in [7, 11) is 0. The zero-order chi connectivity index (χ0) is 32.6. The molecule has 20 atom stereocenters. The Bertz CT molecular complexity index is 910. The molecule has 20 heteroatoms. The van der Waals surface area contributed by atoms with Crippen LogP contribution in [0.3, 0.4) is 0 Å². The van der Waals surface area contributed by atoms with Crippen LogP contribution in [0.25, 0.3) is 0 Å².